The SMILES string of the molecule is COCc1cc(NCc2nocc2C)ncn1. The lowest BCUT2D eigenvalue weighted by Crippen LogP contribution is -2.04. The van der Waals surface area contributed by atoms with E-state index in [0.29, 0.717) is 13.2 Å². The first-order chi connectivity index (χ1) is 8.29. The number of methoxy groups -OCH3 is 1. The van der Waals surface area contributed by atoms with Crippen molar-refractivity contribution < 1.29 is 9.26 Å². The lowest BCUT2D eigenvalue weighted by molar-refractivity contribution is 0.181. The smallest absolute Gasteiger partial charge is 0.130 e. The number of aromatic nitrogens is 3. The molecule has 0 saturated heterocycles. The Bertz CT molecular complexity index is 484. The molecule has 2 heterocycles. The zero-order valence-corrected chi connectivity index (χ0v) is 9.80. The molecule has 17 heavy (non-hydrogen) atoms. The van der Waals surface area contributed by atoms with Crippen molar-refractivity contribution in [2.24, 2.45) is 0 Å². The van der Waals surface area contributed by atoms with Crippen LogP contribution in [0.15, 0.2) is 23.2 Å². The van der Waals surface area contributed by atoms with E-state index in [1.54, 1.807) is 13.4 Å². The molecular formula is C11H14N4O2. The van der Waals surface area contributed by atoms with Gasteiger partial charge in [-0.15, -0.1) is 0 Å². The van der Waals surface area contributed by atoms with Crippen LogP contribution in [-0.4, -0.2) is 22.2 Å². The number of anilines is 1. The third-order valence-electron chi connectivity index (χ3n) is 2.30. The summed E-state index contributed by atoms with van der Waals surface area (Å²) in [5.41, 5.74) is 2.72. The Kier molecular flexibility index (Phi) is 3.66. The number of nitrogens with one attached hydrogen (secondary N) is 1. The summed E-state index contributed by atoms with van der Waals surface area (Å²) in [5, 5.41) is 7.04. The van der Waals surface area contributed by atoms with Gasteiger partial charge in [-0.3, -0.25) is 0 Å². The van der Waals surface area contributed by atoms with E-state index in [-0.39, 0.29) is 0 Å². The Morgan fingerprint density at radius 2 is 2.29 bits per heavy atom. The minimum absolute atomic E-state index is 0.472. The van der Waals surface area contributed by atoms with Crippen molar-refractivity contribution in [2.45, 2.75) is 20.1 Å². The van der Waals surface area contributed by atoms with Crippen molar-refractivity contribution in [3.8, 4) is 0 Å². The number of nitrogens with zero attached hydrogens (tertiary/aromatic N) is 3. The molecule has 2 aromatic rings. The van der Waals surface area contributed by atoms with E-state index >= 15 is 0 Å². The molecule has 0 saturated carbocycles. The van der Waals surface area contributed by atoms with Crippen LogP contribution in [-0.2, 0) is 17.9 Å². The highest BCUT2D eigenvalue weighted by Crippen LogP contribution is 2.09. The van der Waals surface area contributed by atoms with Crippen molar-refractivity contribution in [1.29, 1.82) is 0 Å². The monoisotopic (exact) mass is 234 g/mol. The van der Waals surface area contributed by atoms with E-state index in [0.717, 1.165) is 22.8 Å². The summed E-state index contributed by atoms with van der Waals surface area (Å²) in [6, 6.07) is 1.85. The van der Waals surface area contributed by atoms with Gasteiger partial charge in [-0.1, -0.05) is 5.16 Å². The van der Waals surface area contributed by atoms with Gasteiger partial charge in [0.05, 0.1) is 18.8 Å². The molecule has 0 fully saturated rings. The van der Waals surface area contributed by atoms with Crippen LogP contribution < -0.4 is 5.32 Å². The average Bonchev–Trinajstić information content (AvgIpc) is 2.73. The van der Waals surface area contributed by atoms with Crippen LogP contribution in [0.25, 0.3) is 0 Å². The summed E-state index contributed by atoms with van der Waals surface area (Å²) in [6.07, 6.45) is 3.12. The fraction of sp³-hybridized carbons (Fsp3) is 0.364. The molecule has 0 aromatic carbocycles. The van der Waals surface area contributed by atoms with E-state index in [9.17, 15) is 0 Å². The second-order valence-electron chi connectivity index (χ2n) is 3.63. The van der Waals surface area contributed by atoms with E-state index < -0.39 is 0 Å². The highest BCUT2D eigenvalue weighted by atomic mass is 16.5. The molecule has 1 N–H and O–H groups in total. The molecule has 0 aliphatic heterocycles. The molecule has 0 radical (unpaired) electrons. The van der Waals surface area contributed by atoms with Gasteiger partial charge in [0, 0.05) is 18.7 Å². The summed E-state index contributed by atoms with van der Waals surface area (Å²) in [5.74, 6) is 0.745. The minimum atomic E-state index is 0.472. The maximum Gasteiger partial charge on any atom is 0.130 e. The van der Waals surface area contributed by atoms with Crippen LogP contribution in [0.5, 0.6) is 0 Å². The fourth-order valence-electron chi connectivity index (χ4n) is 1.38. The Hall–Kier alpha value is -1.95. The Morgan fingerprint density at radius 3 is 3.00 bits per heavy atom. The van der Waals surface area contributed by atoms with E-state index in [2.05, 4.69) is 20.4 Å². The second kappa shape index (κ2) is 5.40. The molecule has 6 heteroatoms. The number of hydrogen-bond donors (Lipinski definition) is 1. The topological polar surface area (TPSA) is 73.1 Å². The minimum Gasteiger partial charge on any atom is -0.378 e. The summed E-state index contributed by atoms with van der Waals surface area (Å²) in [6.45, 7) is 3.00. The third-order valence-corrected chi connectivity index (χ3v) is 2.30. The predicted octanol–water partition coefficient (Wildman–Crippen LogP) is 1.53. The van der Waals surface area contributed by atoms with Crippen molar-refractivity contribution in [2.75, 3.05) is 12.4 Å². The van der Waals surface area contributed by atoms with E-state index in [1.165, 1.54) is 6.33 Å². The standard InChI is InChI=1S/C11H14N4O2/c1-8-5-17-15-10(8)4-12-11-3-9(6-16-2)13-7-14-11/h3,5,7H,4,6H2,1-2H3,(H,12,13,14). The molecule has 2 rings (SSSR count). The van der Waals surface area contributed by atoms with Crippen LogP contribution in [0.1, 0.15) is 17.0 Å². The number of ether oxygens (including phenoxy) is 1. The third kappa shape index (κ3) is 3.01. The largest absolute Gasteiger partial charge is 0.378 e. The van der Waals surface area contributed by atoms with Gasteiger partial charge in [-0.25, -0.2) is 9.97 Å². The fourth-order valence-corrected chi connectivity index (χ4v) is 1.38. The van der Waals surface area contributed by atoms with Gasteiger partial charge in [-0.05, 0) is 6.92 Å². The van der Waals surface area contributed by atoms with Crippen LogP contribution in [0.4, 0.5) is 5.82 Å². The van der Waals surface area contributed by atoms with Crippen molar-refractivity contribution in [1.82, 2.24) is 15.1 Å². The van der Waals surface area contributed by atoms with Gasteiger partial charge in [0.25, 0.3) is 0 Å². The van der Waals surface area contributed by atoms with Gasteiger partial charge in [0.15, 0.2) is 0 Å². The molecule has 2 aromatic heterocycles. The highest BCUT2D eigenvalue weighted by molar-refractivity contribution is 5.35. The van der Waals surface area contributed by atoms with Crippen molar-refractivity contribution in [3.63, 3.8) is 0 Å². The first kappa shape index (κ1) is 11.5. The quantitative estimate of drug-likeness (QED) is 0.845. The molecule has 0 aliphatic rings. The molecule has 6 nitrogen and oxygen atoms in total. The average molecular weight is 234 g/mol. The van der Waals surface area contributed by atoms with Crippen LogP contribution in [0, 0.1) is 6.92 Å². The van der Waals surface area contributed by atoms with Crippen molar-refractivity contribution >= 4 is 5.82 Å². The maximum atomic E-state index is 5.01. The van der Waals surface area contributed by atoms with Crippen LogP contribution in [0.2, 0.25) is 0 Å². The number of rotatable bonds is 5. The molecule has 0 amide bonds. The summed E-state index contributed by atoms with van der Waals surface area (Å²) >= 11 is 0. The summed E-state index contributed by atoms with van der Waals surface area (Å²) in [7, 11) is 1.63. The number of aryl methyl sites for hydroxylation is 1. The van der Waals surface area contributed by atoms with Gasteiger partial charge in [0.1, 0.15) is 24.1 Å². The second-order valence-corrected chi connectivity index (χ2v) is 3.63. The summed E-state index contributed by atoms with van der Waals surface area (Å²) < 4.78 is 9.86. The van der Waals surface area contributed by atoms with Gasteiger partial charge < -0.3 is 14.6 Å². The van der Waals surface area contributed by atoms with Crippen LogP contribution in [0.3, 0.4) is 0 Å². The zero-order valence-electron chi connectivity index (χ0n) is 9.80. The first-order valence-corrected chi connectivity index (χ1v) is 5.23. The predicted molar refractivity (Wildman–Crippen MR) is 61.3 cm³/mol. The van der Waals surface area contributed by atoms with Gasteiger partial charge >= 0.3 is 0 Å². The van der Waals surface area contributed by atoms with Gasteiger partial charge in [0.2, 0.25) is 0 Å². The Balaban J connectivity index is 1.99. The lowest BCUT2D eigenvalue weighted by atomic mass is 10.3. The lowest BCUT2D eigenvalue weighted by Gasteiger charge is -2.05. The zero-order chi connectivity index (χ0) is 12.1. The highest BCUT2D eigenvalue weighted by Gasteiger charge is 2.03. The van der Waals surface area contributed by atoms with E-state index in [4.69, 9.17) is 9.26 Å². The van der Waals surface area contributed by atoms with Gasteiger partial charge in [-0.2, -0.15) is 0 Å². The molecule has 90 valence electrons. The van der Waals surface area contributed by atoms with Crippen LogP contribution >= 0.6 is 0 Å². The molecule has 0 bridgehead atoms. The number of hydrogen-bond acceptors (Lipinski definition) is 6. The first-order valence-electron chi connectivity index (χ1n) is 5.23. The molecule has 0 aliphatic carbocycles. The van der Waals surface area contributed by atoms with Crippen molar-refractivity contribution in [3.05, 3.63) is 35.6 Å². The van der Waals surface area contributed by atoms with E-state index in [1.807, 2.05) is 13.0 Å². The Morgan fingerprint density at radius 1 is 1.41 bits per heavy atom. The molecular weight excluding hydrogens is 220 g/mol. The Labute approximate surface area is 99.0 Å². The molecule has 0 atom stereocenters. The molecule has 0 spiro atoms. The normalized spacial score (nSPS) is 10.5. The summed E-state index contributed by atoms with van der Waals surface area (Å²) in [4.78, 5) is 8.20. The molecule has 0 unspecified atom stereocenters. The maximum absolute atomic E-state index is 5.01.